The van der Waals surface area contributed by atoms with E-state index in [4.69, 9.17) is 15.6 Å². The summed E-state index contributed by atoms with van der Waals surface area (Å²) in [4.78, 5) is 18.8. The highest BCUT2D eigenvalue weighted by Gasteiger charge is 2.11. The number of aryl methyl sites for hydroxylation is 1. The summed E-state index contributed by atoms with van der Waals surface area (Å²) in [5.41, 5.74) is 7.70. The summed E-state index contributed by atoms with van der Waals surface area (Å²) in [5.74, 6) is -0.407. The van der Waals surface area contributed by atoms with Crippen LogP contribution in [0.3, 0.4) is 0 Å². The maximum absolute atomic E-state index is 11.0. The predicted molar refractivity (Wildman–Crippen MR) is 74.8 cm³/mol. The number of nitrogens with zero attached hydrogens (tertiary/aromatic N) is 2. The average molecular weight is 273 g/mol. The van der Waals surface area contributed by atoms with Gasteiger partial charge in [-0.05, 0) is 36.2 Å². The van der Waals surface area contributed by atoms with E-state index in [1.807, 2.05) is 25.1 Å². The lowest BCUT2D eigenvalue weighted by Crippen LogP contribution is -2.06. The fourth-order valence-electron chi connectivity index (χ4n) is 1.94. The Bertz CT molecular complexity index is 656. The lowest BCUT2D eigenvalue weighted by Gasteiger charge is -2.09. The minimum atomic E-state index is -1.13. The van der Waals surface area contributed by atoms with Gasteiger partial charge in [0.15, 0.2) is 5.69 Å². The van der Waals surface area contributed by atoms with E-state index in [0.717, 1.165) is 23.3 Å². The molecule has 0 fully saturated rings. The van der Waals surface area contributed by atoms with Crippen molar-refractivity contribution in [2.24, 2.45) is 0 Å². The zero-order valence-electron chi connectivity index (χ0n) is 11.3. The third-order valence-electron chi connectivity index (χ3n) is 2.92. The number of carboxylic acid groups (broad SMARTS) is 1. The number of hydrogen-bond acceptors (Lipinski definition) is 5. The van der Waals surface area contributed by atoms with Gasteiger partial charge >= 0.3 is 5.97 Å². The monoisotopic (exact) mass is 273 g/mol. The van der Waals surface area contributed by atoms with Crippen molar-refractivity contribution < 1.29 is 14.6 Å². The number of nitrogens with two attached hydrogens (primary N) is 1. The molecule has 0 radical (unpaired) electrons. The number of rotatable bonds is 4. The van der Waals surface area contributed by atoms with Crippen molar-refractivity contribution in [2.75, 3.05) is 12.8 Å². The van der Waals surface area contributed by atoms with E-state index in [0.29, 0.717) is 5.69 Å². The summed E-state index contributed by atoms with van der Waals surface area (Å²) >= 11 is 0. The summed E-state index contributed by atoms with van der Waals surface area (Å²) in [7, 11) is 1.61. The van der Waals surface area contributed by atoms with Gasteiger partial charge in [-0.1, -0.05) is 6.92 Å². The lowest BCUT2D eigenvalue weighted by molar-refractivity contribution is 0.0690. The number of methoxy groups -OCH3 is 1. The van der Waals surface area contributed by atoms with Crippen LogP contribution in [-0.2, 0) is 6.42 Å². The first-order valence-corrected chi connectivity index (χ1v) is 6.10. The molecular weight excluding hydrogens is 258 g/mol. The number of benzene rings is 1. The number of hydrogen-bond donors (Lipinski definition) is 2. The second-order valence-corrected chi connectivity index (χ2v) is 4.18. The largest absolute Gasteiger partial charge is 0.496 e. The molecule has 6 heteroatoms. The number of ether oxygens (including phenoxy) is 1. The van der Waals surface area contributed by atoms with Crippen LogP contribution < -0.4 is 10.5 Å². The first-order chi connectivity index (χ1) is 9.55. The number of carboxylic acids is 1. The van der Waals surface area contributed by atoms with Gasteiger partial charge in [-0.3, -0.25) is 0 Å². The highest BCUT2D eigenvalue weighted by molar-refractivity contribution is 5.87. The predicted octanol–water partition coefficient (Wildman–Crippen LogP) is 1.99. The molecule has 0 bridgehead atoms. The van der Waals surface area contributed by atoms with Gasteiger partial charge in [0.05, 0.1) is 12.8 Å². The Morgan fingerprint density at radius 1 is 1.35 bits per heavy atom. The van der Waals surface area contributed by atoms with Crippen molar-refractivity contribution in [3.05, 3.63) is 35.5 Å². The van der Waals surface area contributed by atoms with Crippen LogP contribution in [0.1, 0.15) is 23.0 Å². The van der Waals surface area contributed by atoms with Crippen LogP contribution in [0, 0.1) is 0 Å². The third-order valence-corrected chi connectivity index (χ3v) is 2.92. The third kappa shape index (κ3) is 2.69. The molecule has 6 nitrogen and oxygen atoms in total. The molecular formula is C14H15N3O3. The van der Waals surface area contributed by atoms with Crippen LogP contribution in [0.15, 0.2) is 24.3 Å². The molecule has 104 valence electrons. The van der Waals surface area contributed by atoms with Gasteiger partial charge in [0.1, 0.15) is 5.75 Å². The maximum atomic E-state index is 11.0. The van der Waals surface area contributed by atoms with E-state index in [1.165, 1.54) is 6.07 Å². The Balaban J connectivity index is 2.53. The molecule has 2 rings (SSSR count). The maximum Gasteiger partial charge on any atom is 0.354 e. The molecule has 0 atom stereocenters. The average Bonchev–Trinajstić information content (AvgIpc) is 2.45. The summed E-state index contributed by atoms with van der Waals surface area (Å²) in [6.07, 6.45) is 0.795. The minimum Gasteiger partial charge on any atom is -0.496 e. The van der Waals surface area contributed by atoms with Gasteiger partial charge in [-0.25, -0.2) is 14.8 Å². The fourth-order valence-corrected chi connectivity index (χ4v) is 1.94. The first-order valence-electron chi connectivity index (χ1n) is 6.10. The number of aromatic nitrogens is 2. The van der Waals surface area contributed by atoms with Crippen LogP contribution >= 0.6 is 0 Å². The van der Waals surface area contributed by atoms with Gasteiger partial charge < -0.3 is 15.6 Å². The normalized spacial score (nSPS) is 10.3. The van der Waals surface area contributed by atoms with E-state index in [-0.39, 0.29) is 11.6 Å². The molecule has 0 spiro atoms. The summed E-state index contributed by atoms with van der Waals surface area (Å²) in [6, 6.07) is 6.95. The van der Waals surface area contributed by atoms with Crippen molar-refractivity contribution in [3.8, 4) is 17.0 Å². The highest BCUT2D eigenvalue weighted by atomic mass is 16.5. The van der Waals surface area contributed by atoms with Gasteiger partial charge in [0, 0.05) is 5.56 Å². The molecule has 1 heterocycles. The van der Waals surface area contributed by atoms with E-state index < -0.39 is 5.97 Å². The molecule has 1 aromatic carbocycles. The van der Waals surface area contributed by atoms with Crippen LogP contribution in [0.4, 0.5) is 5.95 Å². The van der Waals surface area contributed by atoms with Gasteiger partial charge in [0.25, 0.3) is 0 Å². The van der Waals surface area contributed by atoms with E-state index in [1.54, 1.807) is 7.11 Å². The van der Waals surface area contributed by atoms with Crippen molar-refractivity contribution in [3.63, 3.8) is 0 Å². The second-order valence-electron chi connectivity index (χ2n) is 4.18. The van der Waals surface area contributed by atoms with Gasteiger partial charge in [0.2, 0.25) is 5.95 Å². The van der Waals surface area contributed by atoms with E-state index in [9.17, 15) is 4.79 Å². The minimum absolute atomic E-state index is 0.0613. The van der Waals surface area contributed by atoms with Crippen molar-refractivity contribution in [2.45, 2.75) is 13.3 Å². The van der Waals surface area contributed by atoms with Crippen molar-refractivity contribution >= 4 is 11.9 Å². The molecule has 2 aromatic rings. The zero-order chi connectivity index (χ0) is 14.7. The van der Waals surface area contributed by atoms with Gasteiger partial charge in [-0.15, -0.1) is 0 Å². The molecule has 0 aliphatic heterocycles. The SMILES string of the molecule is CCc1cc(-c2cc(C(=O)O)nc(N)n2)ccc1OC. The molecule has 0 aliphatic carbocycles. The van der Waals surface area contributed by atoms with Crippen LogP contribution in [0.5, 0.6) is 5.75 Å². The van der Waals surface area contributed by atoms with E-state index in [2.05, 4.69) is 9.97 Å². The van der Waals surface area contributed by atoms with Gasteiger partial charge in [-0.2, -0.15) is 0 Å². The zero-order valence-corrected chi connectivity index (χ0v) is 11.3. The Labute approximate surface area is 116 Å². The first kappa shape index (κ1) is 13.8. The van der Waals surface area contributed by atoms with Crippen LogP contribution in [0.25, 0.3) is 11.3 Å². The van der Waals surface area contributed by atoms with Crippen LogP contribution in [-0.4, -0.2) is 28.2 Å². The standard InChI is InChI=1S/C14H15N3O3/c1-3-8-6-9(4-5-12(8)20-2)10-7-11(13(18)19)17-14(15)16-10/h4-7H,3H2,1-2H3,(H,18,19)(H2,15,16,17). The Kier molecular flexibility index (Phi) is 3.84. The second kappa shape index (κ2) is 5.56. The summed E-state index contributed by atoms with van der Waals surface area (Å²) in [6.45, 7) is 2.01. The fraction of sp³-hybridized carbons (Fsp3) is 0.214. The molecule has 0 aliphatic rings. The highest BCUT2D eigenvalue weighted by Crippen LogP contribution is 2.26. The number of nitrogen functional groups attached to an aromatic ring is 1. The summed E-state index contributed by atoms with van der Waals surface area (Å²) in [5, 5.41) is 9.00. The van der Waals surface area contributed by atoms with Crippen LogP contribution in [0.2, 0.25) is 0 Å². The quantitative estimate of drug-likeness (QED) is 0.884. The number of carbonyl (C=O) groups is 1. The molecule has 0 unspecified atom stereocenters. The smallest absolute Gasteiger partial charge is 0.354 e. The molecule has 3 N–H and O–H groups in total. The molecule has 0 saturated heterocycles. The Morgan fingerprint density at radius 2 is 2.10 bits per heavy atom. The Morgan fingerprint density at radius 3 is 2.70 bits per heavy atom. The molecule has 0 amide bonds. The topological polar surface area (TPSA) is 98.3 Å². The van der Waals surface area contributed by atoms with Crippen molar-refractivity contribution in [1.82, 2.24) is 9.97 Å². The molecule has 1 aromatic heterocycles. The van der Waals surface area contributed by atoms with E-state index >= 15 is 0 Å². The summed E-state index contributed by atoms with van der Waals surface area (Å²) < 4.78 is 5.26. The Hall–Kier alpha value is -2.63. The number of anilines is 1. The molecule has 0 saturated carbocycles. The number of aromatic carboxylic acids is 1. The molecule has 20 heavy (non-hydrogen) atoms. The van der Waals surface area contributed by atoms with Crippen molar-refractivity contribution in [1.29, 1.82) is 0 Å². The lowest BCUT2D eigenvalue weighted by atomic mass is 10.0.